The smallest absolute Gasteiger partial charge is 0.265 e. The minimum Gasteiger partial charge on any atom is -0.478 e. The Hall–Kier alpha value is -2.25. The van der Waals surface area contributed by atoms with E-state index in [0.717, 1.165) is 17.4 Å². The number of nitrogens with zero attached hydrogens (tertiary/aromatic N) is 1. The summed E-state index contributed by atoms with van der Waals surface area (Å²) in [4.78, 5) is 12.7. The van der Waals surface area contributed by atoms with E-state index in [1.807, 2.05) is 32.0 Å². The van der Waals surface area contributed by atoms with Crippen LogP contribution in [-0.4, -0.2) is 33.2 Å². The molecule has 8 heteroatoms. The van der Waals surface area contributed by atoms with E-state index in [2.05, 4.69) is 5.32 Å². The number of carbonyl (C=O) groups excluding carboxylic acids is 1. The van der Waals surface area contributed by atoms with Crippen molar-refractivity contribution < 1.29 is 17.9 Å². The lowest BCUT2D eigenvalue weighted by atomic mass is 10.1. The van der Waals surface area contributed by atoms with Crippen molar-refractivity contribution in [3.8, 4) is 5.75 Å². The number of ether oxygens (including phenoxy) is 1. The number of aryl methyl sites for hydroxylation is 2. The van der Waals surface area contributed by atoms with Gasteiger partial charge in [-0.25, -0.2) is 8.42 Å². The van der Waals surface area contributed by atoms with Crippen LogP contribution in [0.1, 0.15) is 17.5 Å². The molecule has 1 atom stereocenters. The Morgan fingerprint density at radius 3 is 2.59 bits per heavy atom. The lowest BCUT2D eigenvalue weighted by Gasteiger charge is -2.21. The fraction of sp³-hybridized carbons (Fsp3) is 0.316. The van der Waals surface area contributed by atoms with Crippen LogP contribution in [0.3, 0.4) is 0 Å². The van der Waals surface area contributed by atoms with Crippen molar-refractivity contribution in [1.29, 1.82) is 0 Å². The Morgan fingerprint density at radius 1 is 1.19 bits per heavy atom. The maximum absolute atomic E-state index is 12.7. The summed E-state index contributed by atoms with van der Waals surface area (Å²) in [6.45, 7) is 4.09. The van der Waals surface area contributed by atoms with Gasteiger partial charge in [-0.2, -0.15) is 0 Å². The number of fused-ring (bicyclic) bond motifs is 1. The van der Waals surface area contributed by atoms with E-state index < -0.39 is 16.1 Å². The summed E-state index contributed by atoms with van der Waals surface area (Å²) in [5.74, 6) is -0.0166. The summed E-state index contributed by atoms with van der Waals surface area (Å²) in [5.41, 5.74) is 3.21. The van der Waals surface area contributed by atoms with Gasteiger partial charge in [-0.1, -0.05) is 17.7 Å². The second-order valence-electron chi connectivity index (χ2n) is 6.63. The lowest BCUT2D eigenvalue weighted by Crippen LogP contribution is -2.36. The van der Waals surface area contributed by atoms with Gasteiger partial charge in [0.15, 0.2) is 6.10 Å². The minimum absolute atomic E-state index is 0.122. The van der Waals surface area contributed by atoms with Crippen molar-refractivity contribution >= 4 is 38.9 Å². The van der Waals surface area contributed by atoms with Gasteiger partial charge in [0.1, 0.15) is 5.75 Å². The Bertz CT molecular complexity index is 991. The Labute approximate surface area is 164 Å². The van der Waals surface area contributed by atoms with Crippen molar-refractivity contribution in [2.45, 2.75) is 26.4 Å². The van der Waals surface area contributed by atoms with Crippen LogP contribution >= 0.6 is 11.6 Å². The molecule has 0 radical (unpaired) electrons. The van der Waals surface area contributed by atoms with Gasteiger partial charge < -0.3 is 10.1 Å². The Kier molecular flexibility index (Phi) is 5.35. The number of hydrogen-bond acceptors (Lipinski definition) is 4. The molecule has 144 valence electrons. The number of amides is 1. The first kappa shape index (κ1) is 19.5. The van der Waals surface area contributed by atoms with E-state index in [0.29, 0.717) is 22.1 Å². The first-order valence-electron chi connectivity index (χ1n) is 8.47. The summed E-state index contributed by atoms with van der Waals surface area (Å²) >= 11 is 6.02. The average molecular weight is 409 g/mol. The monoisotopic (exact) mass is 408 g/mol. The standard InChI is InChI=1S/C19H21ClN2O4S/c1-12-4-6-15(10-13(12)2)21-19(23)18-8-9-22(27(3,24)25)16-11-14(20)5-7-17(16)26-18/h4-7,10-11,18H,8-9H2,1-3H3,(H,21,23). The van der Waals surface area contributed by atoms with E-state index in [1.54, 1.807) is 12.1 Å². The number of rotatable bonds is 3. The SMILES string of the molecule is Cc1ccc(NC(=O)C2CCN(S(C)(=O)=O)c3cc(Cl)ccc3O2)cc1C. The summed E-state index contributed by atoms with van der Waals surface area (Å²) in [5, 5.41) is 3.24. The molecule has 27 heavy (non-hydrogen) atoms. The molecule has 1 aliphatic rings. The minimum atomic E-state index is -3.53. The fourth-order valence-electron chi connectivity index (χ4n) is 2.92. The van der Waals surface area contributed by atoms with Crippen LogP contribution < -0.4 is 14.4 Å². The second kappa shape index (κ2) is 7.40. The van der Waals surface area contributed by atoms with Gasteiger partial charge in [0, 0.05) is 23.7 Å². The summed E-state index contributed by atoms with van der Waals surface area (Å²) < 4.78 is 31.4. The van der Waals surface area contributed by atoms with E-state index in [9.17, 15) is 13.2 Å². The molecule has 0 aliphatic carbocycles. The molecule has 0 spiro atoms. The van der Waals surface area contributed by atoms with Crippen LogP contribution in [0.4, 0.5) is 11.4 Å². The quantitative estimate of drug-likeness (QED) is 0.843. The van der Waals surface area contributed by atoms with Crippen LogP contribution in [-0.2, 0) is 14.8 Å². The zero-order valence-corrected chi connectivity index (χ0v) is 16.9. The maximum atomic E-state index is 12.7. The molecule has 0 aromatic heterocycles. The highest BCUT2D eigenvalue weighted by atomic mass is 35.5. The van der Waals surface area contributed by atoms with Gasteiger partial charge in [-0.15, -0.1) is 0 Å². The molecule has 1 N–H and O–H groups in total. The molecule has 0 bridgehead atoms. The Balaban J connectivity index is 1.87. The lowest BCUT2D eigenvalue weighted by molar-refractivity contribution is -0.122. The molecule has 1 heterocycles. The molecule has 2 aromatic carbocycles. The molecule has 2 aromatic rings. The summed E-state index contributed by atoms with van der Waals surface area (Å²) in [6.07, 6.45) is 0.515. The van der Waals surface area contributed by atoms with Crippen molar-refractivity contribution in [3.05, 3.63) is 52.5 Å². The third kappa shape index (κ3) is 4.36. The highest BCUT2D eigenvalue weighted by molar-refractivity contribution is 7.92. The van der Waals surface area contributed by atoms with Crippen molar-refractivity contribution in [2.75, 3.05) is 22.4 Å². The first-order chi connectivity index (χ1) is 12.6. The molecule has 1 amide bonds. The number of hydrogen-bond donors (Lipinski definition) is 1. The topological polar surface area (TPSA) is 75.7 Å². The highest BCUT2D eigenvalue weighted by Crippen LogP contribution is 2.36. The van der Waals surface area contributed by atoms with Gasteiger partial charge in [0.2, 0.25) is 10.0 Å². The molecule has 1 aliphatic heterocycles. The van der Waals surface area contributed by atoms with Gasteiger partial charge in [0.05, 0.1) is 11.9 Å². The number of anilines is 2. The molecular formula is C19H21ClN2O4S. The van der Waals surface area contributed by atoms with Crippen LogP contribution in [0.2, 0.25) is 5.02 Å². The third-order valence-corrected chi connectivity index (χ3v) is 5.94. The van der Waals surface area contributed by atoms with E-state index in [4.69, 9.17) is 16.3 Å². The molecule has 1 unspecified atom stereocenters. The van der Waals surface area contributed by atoms with Gasteiger partial charge in [-0.05, 0) is 55.3 Å². The molecule has 3 rings (SSSR count). The van der Waals surface area contributed by atoms with Crippen LogP contribution in [0, 0.1) is 13.8 Å². The largest absolute Gasteiger partial charge is 0.478 e. The van der Waals surface area contributed by atoms with Crippen LogP contribution in [0.5, 0.6) is 5.75 Å². The maximum Gasteiger partial charge on any atom is 0.265 e. The van der Waals surface area contributed by atoms with Gasteiger partial charge >= 0.3 is 0 Å². The summed E-state index contributed by atoms with van der Waals surface area (Å²) in [6, 6.07) is 10.4. The third-order valence-electron chi connectivity index (χ3n) is 4.52. The number of nitrogens with one attached hydrogen (secondary N) is 1. The molecule has 0 saturated heterocycles. The first-order valence-corrected chi connectivity index (χ1v) is 10.7. The summed E-state index contributed by atoms with van der Waals surface area (Å²) in [7, 11) is -3.53. The molecule has 0 saturated carbocycles. The zero-order valence-electron chi connectivity index (χ0n) is 15.3. The zero-order chi connectivity index (χ0) is 19.8. The molecule has 6 nitrogen and oxygen atoms in total. The average Bonchev–Trinajstić information content (AvgIpc) is 2.77. The molecule has 0 fully saturated rings. The van der Waals surface area contributed by atoms with E-state index in [-0.39, 0.29) is 18.9 Å². The fourth-order valence-corrected chi connectivity index (χ4v) is 4.03. The number of benzene rings is 2. The Morgan fingerprint density at radius 2 is 1.93 bits per heavy atom. The number of sulfonamides is 1. The van der Waals surface area contributed by atoms with E-state index >= 15 is 0 Å². The molecular weight excluding hydrogens is 388 g/mol. The predicted octanol–water partition coefficient (Wildman–Crippen LogP) is 3.51. The van der Waals surface area contributed by atoms with Crippen LogP contribution in [0.15, 0.2) is 36.4 Å². The number of carbonyl (C=O) groups is 1. The predicted molar refractivity (Wildman–Crippen MR) is 107 cm³/mol. The van der Waals surface area contributed by atoms with Crippen molar-refractivity contribution in [3.63, 3.8) is 0 Å². The number of halogens is 1. The van der Waals surface area contributed by atoms with Crippen LogP contribution in [0.25, 0.3) is 0 Å². The normalized spacial score (nSPS) is 16.9. The van der Waals surface area contributed by atoms with Gasteiger partial charge in [0.25, 0.3) is 5.91 Å². The van der Waals surface area contributed by atoms with Crippen molar-refractivity contribution in [2.24, 2.45) is 0 Å². The van der Waals surface area contributed by atoms with E-state index in [1.165, 1.54) is 10.4 Å². The second-order valence-corrected chi connectivity index (χ2v) is 8.97. The van der Waals surface area contributed by atoms with Crippen molar-refractivity contribution in [1.82, 2.24) is 0 Å². The highest BCUT2D eigenvalue weighted by Gasteiger charge is 2.31. The van der Waals surface area contributed by atoms with Gasteiger partial charge in [-0.3, -0.25) is 9.10 Å².